The van der Waals surface area contributed by atoms with Crippen molar-refractivity contribution in [2.45, 2.75) is 32.9 Å². The molecule has 1 saturated heterocycles. The Morgan fingerprint density at radius 3 is 2.14 bits per heavy atom. The number of hydrogen-bond acceptors (Lipinski definition) is 7. The molecule has 3 N–H and O–H groups in total. The number of fused-ring (bicyclic) bond motifs is 1. The Bertz CT molecular complexity index is 1490. The van der Waals surface area contributed by atoms with Gasteiger partial charge in [0, 0.05) is 12.2 Å². The number of benzene rings is 3. The number of carbonyl (C=O) groups is 3. The zero-order valence-corrected chi connectivity index (χ0v) is 24.0. The molecule has 3 aromatic carbocycles. The summed E-state index contributed by atoms with van der Waals surface area (Å²) in [6, 6.07) is 25.7. The third-order valence-electron chi connectivity index (χ3n) is 6.99. The fourth-order valence-electron chi connectivity index (χ4n) is 4.89. The second-order valence-corrected chi connectivity index (χ2v) is 10.1. The Morgan fingerprint density at radius 2 is 1.49 bits per heavy atom. The van der Waals surface area contributed by atoms with Crippen molar-refractivity contribution in [1.82, 2.24) is 14.5 Å². The number of carboxylic acid groups (broad SMARTS) is 2. The third-order valence-corrected chi connectivity index (χ3v) is 6.99. The fraction of sp³-hybridized carbons (Fsp3) is 0.312. The quantitative estimate of drug-likeness (QED) is 0.228. The molecule has 4 aromatic rings. The molecule has 1 aliphatic rings. The molecule has 0 bridgehead atoms. The van der Waals surface area contributed by atoms with Crippen LogP contribution >= 0.6 is 0 Å². The predicted octanol–water partition coefficient (Wildman–Crippen LogP) is 4.52. The van der Waals surface area contributed by atoms with Crippen molar-refractivity contribution >= 4 is 34.6 Å². The van der Waals surface area contributed by atoms with Crippen molar-refractivity contribution in [1.29, 1.82) is 0 Å². The van der Waals surface area contributed by atoms with E-state index in [4.69, 9.17) is 34.3 Å². The normalized spacial score (nSPS) is 13.5. The van der Waals surface area contributed by atoms with Gasteiger partial charge >= 0.3 is 11.9 Å². The number of imidazole rings is 1. The molecule has 0 atom stereocenters. The van der Waals surface area contributed by atoms with E-state index >= 15 is 0 Å². The minimum Gasteiger partial charge on any atom is -0.494 e. The molecule has 0 unspecified atom stereocenters. The first-order chi connectivity index (χ1) is 20.8. The molecule has 226 valence electrons. The topological polar surface area (TPSA) is 143 Å². The highest BCUT2D eigenvalue weighted by Gasteiger charge is 2.23. The number of aliphatic carboxylic acids is 2. The molecular formula is C32H36N4O7. The number of amides is 1. The second kappa shape index (κ2) is 15.4. The summed E-state index contributed by atoms with van der Waals surface area (Å²) in [6.07, 6.45) is 2.09. The summed E-state index contributed by atoms with van der Waals surface area (Å²) in [6.45, 7) is 6.14. The number of carboxylic acids is 2. The van der Waals surface area contributed by atoms with Crippen LogP contribution in [-0.2, 0) is 27.5 Å². The van der Waals surface area contributed by atoms with Crippen molar-refractivity contribution in [3.8, 4) is 11.5 Å². The van der Waals surface area contributed by atoms with Crippen LogP contribution in [0.3, 0.4) is 0 Å². The monoisotopic (exact) mass is 588 g/mol. The molecule has 0 aliphatic carbocycles. The first-order valence-electron chi connectivity index (χ1n) is 14.2. The molecule has 0 saturated carbocycles. The zero-order chi connectivity index (χ0) is 30.6. The van der Waals surface area contributed by atoms with E-state index in [1.54, 1.807) is 0 Å². The lowest BCUT2D eigenvalue weighted by Gasteiger charge is -2.32. The Labute approximate surface area is 249 Å². The van der Waals surface area contributed by atoms with Crippen molar-refractivity contribution in [3.63, 3.8) is 0 Å². The smallest absolute Gasteiger partial charge is 0.414 e. The summed E-state index contributed by atoms with van der Waals surface area (Å²) < 4.78 is 13.8. The summed E-state index contributed by atoms with van der Waals surface area (Å²) in [4.78, 5) is 37.9. The molecular weight excluding hydrogens is 552 g/mol. The van der Waals surface area contributed by atoms with Crippen LogP contribution in [0.2, 0.25) is 0 Å². The lowest BCUT2D eigenvalue weighted by Crippen LogP contribution is -2.40. The van der Waals surface area contributed by atoms with Crippen LogP contribution in [-0.4, -0.2) is 68.8 Å². The van der Waals surface area contributed by atoms with E-state index in [1.165, 1.54) is 0 Å². The van der Waals surface area contributed by atoms with Crippen LogP contribution in [0.1, 0.15) is 25.6 Å². The number of para-hydroxylation sites is 3. The molecule has 0 radical (unpaired) electrons. The van der Waals surface area contributed by atoms with Crippen LogP contribution < -0.4 is 14.8 Å². The van der Waals surface area contributed by atoms with Gasteiger partial charge in [-0.2, -0.15) is 0 Å². The SMILES string of the molecule is CCOc1ccc(NC(=O)CN2CCC(Cn3c(COc4ccccc4)nc4ccccc43)CC2)cc1.O=C(O)C(=O)O. The number of carbonyl (C=O) groups excluding carboxylic acids is 1. The minimum atomic E-state index is -1.82. The second-order valence-electron chi connectivity index (χ2n) is 10.1. The molecule has 1 aliphatic heterocycles. The number of anilines is 1. The van der Waals surface area contributed by atoms with Gasteiger partial charge in [0.2, 0.25) is 5.91 Å². The van der Waals surface area contributed by atoms with Gasteiger partial charge in [0.1, 0.15) is 23.9 Å². The molecule has 2 heterocycles. The lowest BCUT2D eigenvalue weighted by atomic mass is 9.96. The standard InChI is InChI=1S/C30H34N4O3.C2H2O4/c1-2-36-26-14-12-24(13-15-26)31-30(35)21-33-18-16-23(17-19-33)20-34-28-11-7-6-10-27(28)32-29(34)22-37-25-8-4-3-5-9-25;3-1(4)2(5)6/h3-15,23H,2,16-22H2,1H3,(H,31,35);(H,3,4)(H,5,6). The van der Waals surface area contributed by atoms with Crippen LogP contribution in [0, 0.1) is 5.92 Å². The average Bonchev–Trinajstić information content (AvgIpc) is 3.36. The molecule has 11 nitrogen and oxygen atoms in total. The highest BCUT2D eigenvalue weighted by molar-refractivity contribution is 6.27. The number of hydrogen-bond donors (Lipinski definition) is 3. The molecule has 1 amide bonds. The number of rotatable bonds is 10. The molecule has 1 fully saturated rings. The summed E-state index contributed by atoms with van der Waals surface area (Å²) in [7, 11) is 0. The zero-order valence-electron chi connectivity index (χ0n) is 24.0. The number of piperidine rings is 1. The maximum atomic E-state index is 12.6. The summed E-state index contributed by atoms with van der Waals surface area (Å²) >= 11 is 0. The van der Waals surface area contributed by atoms with Gasteiger partial charge in [-0.15, -0.1) is 0 Å². The largest absolute Gasteiger partial charge is 0.494 e. The van der Waals surface area contributed by atoms with E-state index in [-0.39, 0.29) is 5.91 Å². The van der Waals surface area contributed by atoms with E-state index in [9.17, 15) is 4.79 Å². The van der Waals surface area contributed by atoms with Gasteiger partial charge in [-0.3, -0.25) is 9.69 Å². The van der Waals surface area contributed by atoms with Gasteiger partial charge in [-0.1, -0.05) is 30.3 Å². The van der Waals surface area contributed by atoms with E-state index in [1.807, 2.05) is 67.6 Å². The van der Waals surface area contributed by atoms with Crippen molar-refractivity contribution in [3.05, 3.63) is 84.7 Å². The van der Waals surface area contributed by atoms with Gasteiger partial charge in [0.15, 0.2) is 0 Å². The Hall–Kier alpha value is -4.90. The predicted molar refractivity (Wildman–Crippen MR) is 161 cm³/mol. The summed E-state index contributed by atoms with van der Waals surface area (Å²) in [5.41, 5.74) is 2.93. The van der Waals surface area contributed by atoms with Gasteiger partial charge in [0.05, 0.1) is 24.2 Å². The molecule has 1 aromatic heterocycles. The van der Waals surface area contributed by atoms with Gasteiger partial charge in [0.25, 0.3) is 0 Å². The number of ether oxygens (including phenoxy) is 2. The maximum Gasteiger partial charge on any atom is 0.414 e. The number of nitrogens with one attached hydrogen (secondary N) is 1. The average molecular weight is 589 g/mol. The van der Waals surface area contributed by atoms with Crippen LogP contribution in [0.5, 0.6) is 11.5 Å². The Balaban J connectivity index is 0.000000641. The number of nitrogens with zero attached hydrogens (tertiary/aromatic N) is 3. The fourth-order valence-corrected chi connectivity index (χ4v) is 4.89. The Morgan fingerprint density at radius 1 is 0.860 bits per heavy atom. The highest BCUT2D eigenvalue weighted by atomic mass is 16.5. The molecule has 11 heteroatoms. The molecule has 5 rings (SSSR count). The van der Waals surface area contributed by atoms with Crippen LogP contribution in [0.4, 0.5) is 5.69 Å². The summed E-state index contributed by atoms with van der Waals surface area (Å²) in [5.74, 6) is -0.504. The van der Waals surface area contributed by atoms with Crippen molar-refractivity contribution in [2.24, 2.45) is 5.92 Å². The Kier molecular flexibility index (Phi) is 11.1. The van der Waals surface area contributed by atoms with E-state index in [0.29, 0.717) is 25.7 Å². The minimum absolute atomic E-state index is 0.0172. The van der Waals surface area contributed by atoms with Crippen molar-refractivity contribution in [2.75, 3.05) is 31.6 Å². The van der Waals surface area contributed by atoms with Crippen LogP contribution in [0.15, 0.2) is 78.9 Å². The van der Waals surface area contributed by atoms with E-state index in [2.05, 4.69) is 33.0 Å². The summed E-state index contributed by atoms with van der Waals surface area (Å²) in [5, 5.41) is 17.8. The van der Waals surface area contributed by atoms with Gasteiger partial charge < -0.3 is 29.6 Å². The lowest BCUT2D eigenvalue weighted by molar-refractivity contribution is -0.159. The van der Waals surface area contributed by atoms with E-state index in [0.717, 1.165) is 66.5 Å². The van der Waals surface area contributed by atoms with Gasteiger partial charge in [-0.25, -0.2) is 14.6 Å². The molecule has 43 heavy (non-hydrogen) atoms. The molecule has 0 spiro atoms. The first kappa shape index (κ1) is 31.0. The van der Waals surface area contributed by atoms with E-state index < -0.39 is 11.9 Å². The third kappa shape index (κ3) is 9.30. The maximum absolute atomic E-state index is 12.6. The van der Waals surface area contributed by atoms with Gasteiger partial charge in [-0.05, 0) is 87.3 Å². The number of likely N-dealkylation sites (tertiary alicyclic amines) is 1. The first-order valence-corrected chi connectivity index (χ1v) is 14.2. The number of aromatic nitrogens is 2. The van der Waals surface area contributed by atoms with Crippen LogP contribution in [0.25, 0.3) is 11.0 Å². The highest BCUT2D eigenvalue weighted by Crippen LogP contribution is 2.25. The van der Waals surface area contributed by atoms with Crippen molar-refractivity contribution < 1.29 is 34.1 Å².